The first-order valence-electron chi connectivity index (χ1n) is 3.48. The van der Waals surface area contributed by atoms with Crippen molar-refractivity contribution in [2.24, 2.45) is 0 Å². The number of ketones is 1. The van der Waals surface area contributed by atoms with Gasteiger partial charge in [0.1, 0.15) is 0 Å². The fourth-order valence-corrected chi connectivity index (χ4v) is 1.13. The zero-order valence-electron chi connectivity index (χ0n) is 7.16. The minimum absolute atomic E-state index is 0.00174. The predicted molar refractivity (Wildman–Crippen MR) is 52.6 cm³/mol. The van der Waals surface area contributed by atoms with E-state index in [0.29, 0.717) is 5.62 Å². The quantitative estimate of drug-likeness (QED) is 0.476. The fraction of sp³-hybridized carbons (Fsp3) is 0.571. The van der Waals surface area contributed by atoms with Crippen LogP contribution in [0, 0.1) is 0 Å². The van der Waals surface area contributed by atoms with Crippen molar-refractivity contribution < 1.29 is 14.4 Å². The number of thioether (sulfide) groups is 1. The molecule has 0 spiro atoms. The number of likely N-dealkylation sites (N-methyl/N-ethyl adjacent to an activating group) is 1. The summed E-state index contributed by atoms with van der Waals surface area (Å²) in [6.45, 7) is 0.00174. The summed E-state index contributed by atoms with van der Waals surface area (Å²) in [5, 5.41) is 0. The second-order valence-electron chi connectivity index (χ2n) is 2.33. The summed E-state index contributed by atoms with van der Waals surface area (Å²) in [6, 6.07) is 0. The topological polar surface area (TPSA) is 54.5 Å². The standard InChI is InChI=1S/C7H10ClNO3S/c1-9(3-6(11)2-8)7(12)4-13-5-10/h5H,2-4H2,1H3. The Bertz CT molecular complexity index is 210. The van der Waals surface area contributed by atoms with E-state index in [9.17, 15) is 14.4 Å². The molecule has 4 nitrogen and oxygen atoms in total. The van der Waals surface area contributed by atoms with E-state index in [0.717, 1.165) is 11.8 Å². The molecule has 0 bridgehead atoms. The number of amides is 1. The van der Waals surface area contributed by atoms with Crippen LogP contribution in [0.1, 0.15) is 0 Å². The molecule has 6 heteroatoms. The normalized spacial score (nSPS) is 9.38. The number of Topliss-reactive ketones (excluding diaryl/α,β-unsaturated/α-hetero) is 1. The van der Waals surface area contributed by atoms with Crippen LogP contribution < -0.4 is 0 Å². The maximum Gasteiger partial charge on any atom is 0.233 e. The Kier molecular flexibility index (Phi) is 6.62. The third kappa shape index (κ3) is 5.65. The molecule has 0 radical (unpaired) electrons. The van der Waals surface area contributed by atoms with Crippen molar-refractivity contribution in [2.75, 3.05) is 25.2 Å². The molecule has 13 heavy (non-hydrogen) atoms. The third-order valence-corrected chi connectivity index (χ3v) is 2.11. The molecule has 0 aromatic rings. The average molecular weight is 224 g/mol. The first-order valence-corrected chi connectivity index (χ1v) is 5.07. The van der Waals surface area contributed by atoms with Crippen molar-refractivity contribution in [1.29, 1.82) is 0 Å². The molecule has 0 heterocycles. The minimum atomic E-state index is -0.254. The number of nitrogens with zero attached hydrogens (tertiary/aromatic N) is 1. The average Bonchev–Trinajstić information content (AvgIpc) is 2.13. The molecule has 0 aliphatic heterocycles. The number of carbonyl (C=O) groups is 3. The Labute approximate surface area is 85.6 Å². The van der Waals surface area contributed by atoms with E-state index >= 15 is 0 Å². The molecule has 0 fully saturated rings. The van der Waals surface area contributed by atoms with Gasteiger partial charge in [0.05, 0.1) is 18.2 Å². The van der Waals surface area contributed by atoms with Crippen LogP contribution in [0.4, 0.5) is 0 Å². The summed E-state index contributed by atoms with van der Waals surface area (Å²) in [5.41, 5.74) is 0.592. The molecular formula is C7H10ClNO3S. The van der Waals surface area contributed by atoms with Gasteiger partial charge in [-0.1, -0.05) is 11.8 Å². The number of hydrogen-bond donors (Lipinski definition) is 0. The van der Waals surface area contributed by atoms with Gasteiger partial charge in [0.2, 0.25) is 5.91 Å². The molecule has 0 rings (SSSR count). The number of hydrogen-bond acceptors (Lipinski definition) is 4. The highest BCUT2D eigenvalue weighted by atomic mass is 35.5. The fourth-order valence-electron chi connectivity index (χ4n) is 0.610. The monoisotopic (exact) mass is 223 g/mol. The maximum absolute atomic E-state index is 11.1. The van der Waals surface area contributed by atoms with Crippen LogP contribution in [0.15, 0.2) is 0 Å². The van der Waals surface area contributed by atoms with Gasteiger partial charge in [-0.2, -0.15) is 0 Å². The molecule has 74 valence electrons. The van der Waals surface area contributed by atoms with E-state index in [-0.39, 0.29) is 29.9 Å². The van der Waals surface area contributed by atoms with E-state index < -0.39 is 0 Å². The molecule has 0 aliphatic rings. The lowest BCUT2D eigenvalue weighted by Crippen LogP contribution is -2.33. The maximum atomic E-state index is 11.1. The Morgan fingerprint density at radius 1 is 1.54 bits per heavy atom. The van der Waals surface area contributed by atoms with Crippen molar-refractivity contribution in [1.82, 2.24) is 4.90 Å². The lowest BCUT2D eigenvalue weighted by Gasteiger charge is -2.14. The van der Waals surface area contributed by atoms with Crippen LogP contribution in [0.3, 0.4) is 0 Å². The second-order valence-corrected chi connectivity index (χ2v) is 3.41. The number of alkyl halides is 1. The minimum Gasteiger partial charge on any atom is -0.338 e. The number of halogens is 1. The van der Waals surface area contributed by atoms with Crippen LogP contribution in [0.2, 0.25) is 0 Å². The van der Waals surface area contributed by atoms with Crippen molar-refractivity contribution in [3.63, 3.8) is 0 Å². The van der Waals surface area contributed by atoms with Crippen molar-refractivity contribution >= 4 is 40.7 Å². The molecule has 0 saturated carbocycles. The van der Waals surface area contributed by atoms with Crippen molar-refractivity contribution in [2.45, 2.75) is 0 Å². The van der Waals surface area contributed by atoms with E-state index in [2.05, 4.69) is 0 Å². The molecule has 0 atom stereocenters. The Morgan fingerprint density at radius 2 is 2.15 bits per heavy atom. The van der Waals surface area contributed by atoms with E-state index in [1.807, 2.05) is 0 Å². The molecule has 1 amide bonds. The molecule has 0 unspecified atom stereocenters. The lowest BCUT2D eigenvalue weighted by molar-refractivity contribution is -0.131. The number of rotatable bonds is 6. The highest BCUT2D eigenvalue weighted by molar-refractivity contribution is 8.12. The van der Waals surface area contributed by atoms with Gasteiger partial charge in [-0.25, -0.2) is 0 Å². The Hall–Kier alpha value is -0.550. The van der Waals surface area contributed by atoms with Crippen LogP contribution in [0.25, 0.3) is 0 Å². The Morgan fingerprint density at radius 3 is 2.62 bits per heavy atom. The van der Waals surface area contributed by atoms with Crippen LogP contribution in [0.5, 0.6) is 0 Å². The zero-order valence-corrected chi connectivity index (χ0v) is 8.73. The first kappa shape index (κ1) is 12.4. The van der Waals surface area contributed by atoms with Gasteiger partial charge in [0.15, 0.2) is 11.4 Å². The molecule has 0 saturated heterocycles. The summed E-state index contributed by atoms with van der Waals surface area (Å²) in [7, 11) is 1.50. The highest BCUT2D eigenvalue weighted by Gasteiger charge is 2.11. The Balaban J connectivity index is 3.81. The van der Waals surface area contributed by atoms with E-state index in [1.165, 1.54) is 11.9 Å². The summed E-state index contributed by atoms with van der Waals surface area (Å²) >= 11 is 6.12. The molecule has 0 N–H and O–H groups in total. The van der Waals surface area contributed by atoms with Gasteiger partial charge >= 0.3 is 0 Å². The van der Waals surface area contributed by atoms with Gasteiger partial charge in [-0.15, -0.1) is 11.6 Å². The largest absolute Gasteiger partial charge is 0.338 e. The van der Waals surface area contributed by atoms with Gasteiger partial charge in [0, 0.05) is 7.05 Å². The lowest BCUT2D eigenvalue weighted by atomic mass is 10.4. The summed E-state index contributed by atoms with van der Waals surface area (Å²) in [4.78, 5) is 33.1. The predicted octanol–water partition coefficient (Wildman–Crippen LogP) is 0.176. The summed E-state index contributed by atoms with van der Waals surface area (Å²) in [6.07, 6.45) is 0. The van der Waals surface area contributed by atoms with Gasteiger partial charge in [-0.05, 0) is 0 Å². The van der Waals surface area contributed by atoms with Gasteiger partial charge in [0.25, 0.3) is 0 Å². The SMILES string of the molecule is CN(CC(=O)CCl)C(=O)CSC=O. The zero-order chi connectivity index (χ0) is 10.3. The van der Waals surface area contributed by atoms with Crippen LogP contribution in [-0.4, -0.2) is 47.4 Å². The first-order chi connectivity index (χ1) is 6.11. The molecule has 0 aromatic heterocycles. The summed E-state index contributed by atoms with van der Waals surface area (Å²) in [5.74, 6) is -0.502. The van der Waals surface area contributed by atoms with Crippen LogP contribution >= 0.6 is 23.4 Å². The molecule has 0 aliphatic carbocycles. The second kappa shape index (κ2) is 6.91. The highest BCUT2D eigenvalue weighted by Crippen LogP contribution is 1.97. The van der Waals surface area contributed by atoms with Crippen LogP contribution in [-0.2, 0) is 14.4 Å². The van der Waals surface area contributed by atoms with E-state index in [4.69, 9.17) is 11.6 Å². The third-order valence-electron chi connectivity index (χ3n) is 1.26. The summed E-state index contributed by atoms with van der Waals surface area (Å²) < 4.78 is 0. The molecule has 0 aromatic carbocycles. The van der Waals surface area contributed by atoms with Gasteiger partial charge in [-0.3, -0.25) is 14.4 Å². The van der Waals surface area contributed by atoms with E-state index in [1.54, 1.807) is 0 Å². The smallest absolute Gasteiger partial charge is 0.233 e. The molecular weight excluding hydrogens is 214 g/mol. The number of carbonyl (C=O) groups excluding carboxylic acids is 3. The van der Waals surface area contributed by atoms with Crippen molar-refractivity contribution in [3.8, 4) is 0 Å². The van der Waals surface area contributed by atoms with Crippen molar-refractivity contribution in [3.05, 3.63) is 0 Å². The van der Waals surface area contributed by atoms with Gasteiger partial charge < -0.3 is 4.90 Å².